The van der Waals surface area contributed by atoms with E-state index >= 15 is 0 Å². The van der Waals surface area contributed by atoms with Crippen molar-refractivity contribution in [2.24, 2.45) is 5.92 Å². The van der Waals surface area contributed by atoms with E-state index < -0.39 is 47.9 Å². The lowest BCUT2D eigenvalue weighted by molar-refractivity contribution is -0.144. The van der Waals surface area contributed by atoms with Crippen molar-refractivity contribution in [2.75, 3.05) is 6.61 Å². The van der Waals surface area contributed by atoms with Crippen molar-refractivity contribution in [1.82, 2.24) is 21.3 Å². The maximum atomic E-state index is 13.6. The summed E-state index contributed by atoms with van der Waals surface area (Å²) in [7, 11) is 0. The van der Waals surface area contributed by atoms with Crippen LogP contribution in [0.4, 0.5) is 4.79 Å². The lowest BCUT2D eigenvalue weighted by atomic mass is 9.84. The van der Waals surface area contributed by atoms with Gasteiger partial charge in [-0.15, -0.1) is 0 Å². The van der Waals surface area contributed by atoms with E-state index in [0.717, 1.165) is 37.7 Å². The van der Waals surface area contributed by atoms with Crippen LogP contribution in [0.15, 0.2) is 60.7 Å². The number of para-hydroxylation sites is 1. The van der Waals surface area contributed by atoms with Gasteiger partial charge in [0.15, 0.2) is 6.04 Å². The van der Waals surface area contributed by atoms with E-state index in [4.69, 9.17) is 14.2 Å². The quantitative estimate of drug-likeness (QED) is 0.255. The molecule has 238 valence electrons. The Morgan fingerprint density at radius 1 is 0.886 bits per heavy atom. The van der Waals surface area contributed by atoms with Gasteiger partial charge in [0.2, 0.25) is 18.0 Å². The molecule has 1 aliphatic heterocycles. The summed E-state index contributed by atoms with van der Waals surface area (Å²) in [5, 5.41) is 10.9. The van der Waals surface area contributed by atoms with Gasteiger partial charge in [-0.25, -0.2) is 4.79 Å². The van der Waals surface area contributed by atoms with Gasteiger partial charge >= 0.3 is 6.09 Å². The molecule has 4 N–H and O–H groups in total. The van der Waals surface area contributed by atoms with Gasteiger partial charge in [-0.05, 0) is 50.8 Å². The van der Waals surface area contributed by atoms with Crippen molar-refractivity contribution in [3.63, 3.8) is 0 Å². The molecule has 11 heteroatoms. The summed E-state index contributed by atoms with van der Waals surface area (Å²) in [5.41, 5.74) is 0.130. The highest BCUT2D eigenvalue weighted by Gasteiger charge is 2.44. The molecule has 0 bridgehead atoms. The number of carbonyl (C=O) groups excluding carboxylic acids is 4. The molecule has 4 amide bonds. The first-order chi connectivity index (χ1) is 21.1. The average molecular weight is 609 g/mol. The van der Waals surface area contributed by atoms with E-state index in [0.29, 0.717) is 12.2 Å². The predicted molar refractivity (Wildman–Crippen MR) is 163 cm³/mol. The molecule has 1 heterocycles. The van der Waals surface area contributed by atoms with Gasteiger partial charge in [0.1, 0.15) is 23.4 Å². The summed E-state index contributed by atoms with van der Waals surface area (Å²) in [6.45, 7) is 5.26. The number of hydrogen-bond donors (Lipinski definition) is 4. The molecular weight excluding hydrogens is 564 g/mol. The number of nitrogens with one attached hydrogen (secondary N) is 4. The van der Waals surface area contributed by atoms with Gasteiger partial charge in [-0.1, -0.05) is 80.6 Å². The third-order valence-corrected chi connectivity index (χ3v) is 7.50. The van der Waals surface area contributed by atoms with Crippen molar-refractivity contribution in [1.29, 1.82) is 0 Å². The molecule has 1 saturated heterocycles. The van der Waals surface area contributed by atoms with Gasteiger partial charge in [0.05, 0.1) is 13.2 Å². The molecule has 2 aromatic carbocycles. The fraction of sp³-hybridized carbons (Fsp3) is 0.515. The lowest BCUT2D eigenvalue weighted by Gasteiger charge is -2.37. The summed E-state index contributed by atoms with van der Waals surface area (Å²) in [6, 6.07) is 15.4. The molecule has 1 saturated carbocycles. The topological polar surface area (TPSA) is 144 Å². The first-order valence-electron chi connectivity index (χ1n) is 15.3. The second-order valence-corrected chi connectivity index (χ2v) is 12.3. The molecule has 11 nitrogen and oxygen atoms in total. The Labute approximate surface area is 258 Å². The third-order valence-electron chi connectivity index (χ3n) is 7.50. The number of carbonyl (C=O) groups is 4. The Hall–Kier alpha value is -4.12. The van der Waals surface area contributed by atoms with Gasteiger partial charge in [-0.2, -0.15) is 0 Å². The van der Waals surface area contributed by atoms with E-state index in [2.05, 4.69) is 21.3 Å². The zero-order valence-corrected chi connectivity index (χ0v) is 25.7. The van der Waals surface area contributed by atoms with Gasteiger partial charge in [0.25, 0.3) is 5.91 Å². The SMILES string of the molecule is CC(C)(C)OC(=O)NC(COCc1ccccc1)C(=O)NC(CC1CCCCC1)C(=O)NC1C(=O)NC1Oc1ccccc1. The molecule has 4 atom stereocenters. The van der Waals surface area contributed by atoms with Crippen molar-refractivity contribution in [3.8, 4) is 5.75 Å². The van der Waals surface area contributed by atoms with E-state index in [1.807, 2.05) is 48.5 Å². The number of alkyl carbamates (subject to hydrolysis) is 1. The molecule has 0 spiro atoms. The first-order valence-corrected chi connectivity index (χ1v) is 15.3. The molecule has 0 aromatic heterocycles. The summed E-state index contributed by atoms with van der Waals surface area (Å²) in [5.74, 6) is -0.671. The fourth-order valence-corrected chi connectivity index (χ4v) is 5.25. The zero-order valence-electron chi connectivity index (χ0n) is 25.7. The van der Waals surface area contributed by atoms with Crippen molar-refractivity contribution in [3.05, 3.63) is 66.2 Å². The first kappa shape index (κ1) is 32.8. The average Bonchev–Trinajstić information content (AvgIpc) is 2.99. The van der Waals surface area contributed by atoms with Crippen LogP contribution in [0.25, 0.3) is 0 Å². The highest BCUT2D eigenvalue weighted by molar-refractivity contribution is 5.96. The molecule has 0 radical (unpaired) electrons. The Balaban J connectivity index is 1.44. The number of β-lactam (4-membered cyclic amide) rings is 1. The van der Waals surface area contributed by atoms with E-state index in [1.165, 1.54) is 0 Å². The van der Waals surface area contributed by atoms with Crippen LogP contribution in [0, 0.1) is 5.92 Å². The summed E-state index contributed by atoms with van der Waals surface area (Å²) < 4.78 is 17.0. The molecule has 2 aromatic rings. The van der Waals surface area contributed by atoms with Crippen LogP contribution in [0.2, 0.25) is 0 Å². The van der Waals surface area contributed by atoms with Crippen molar-refractivity contribution in [2.45, 2.75) is 95.9 Å². The Morgan fingerprint density at radius 3 is 2.18 bits per heavy atom. The van der Waals surface area contributed by atoms with Crippen molar-refractivity contribution >= 4 is 23.8 Å². The van der Waals surface area contributed by atoms with Crippen molar-refractivity contribution < 1.29 is 33.4 Å². The standard InChI is InChI=1S/C33H44N4O7/c1-33(2,3)44-32(41)35-26(21-42-20-23-15-9-5-10-16-23)29(39)34-25(19-22-13-7-4-8-14-22)28(38)36-27-30(40)37-31(27)43-24-17-11-6-12-18-24/h5-6,9-12,15-18,22,25-27,31H,4,7-8,13-14,19-21H2,1-3H3,(H,34,39)(H,35,41)(H,36,38)(H,37,40). The van der Waals surface area contributed by atoms with E-state index in [9.17, 15) is 19.2 Å². The highest BCUT2D eigenvalue weighted by atomic mass is 16.6. The molecular formula is C33H44N4O7. The maximum absolute atomic E-state index is 13.6. The molecule has 4 rings (SSSR count). The van der Waals surface area contributed by atoms with Crippen LogP contribution < -0.4 is 26.0 Å². The zero-order chi connectivity index (χ0) is 31.5. The number of ether oxygens (including phenoxy) is 3. The summed E-state index contributed by atoms with van der Waals surface area (Å²) in [6.07, 6.45) is 4.03. The Morgan fingerprint density at radius 2 is 1.55 bits per heavy atom. The second kappa shape index (κ2) is 15.6. The normalized spacial score (nSPS) is 19.8. The van der Waals surface area contributed by atoms with E-state index in [1.54, 1.807) is 32.9 Å². The maximum Gasteiger partial charge on any atom is 0.408 e. The summed E-state index contributed by atoms with van der Waals surface area (Å²) in [4.78, 5) is 52.3. The molecule has 1 aliphatic carbocycles. The summed E-state index contributed by atoms with van der Waals surface area (Å²) >= 11 is 0. The number of amides is 4. The molecule has 2 fully saturated rings. The Kier molecular flexibility index (Phi) is 11.6. The second-order valence-electron chi connectivity index (χ2n) is 12.3. The largest absolute Gasteiger partial charge is 0.468 e. The molecule has 2 aliphatic rings. The minimum absolute atomic E-state index is 0.143. The highest BCUT2D eigenvalue weighted by Crippen LogP contribution is 2.28. The lowest BCUT2D eigenvalue weighted by Crippen LogP contribution is -2.72. The van der Waals surface area contributed by atoms with Gasteiger partial charge in [-0.3, -0.25) is 14.4 Å². The number of hydrogen-bond acceptors (Lipinski definition) is 7. The minimum atomic E-state index is -1.13. The van der Waals surface area contributed by atoms with Crippen LogP contribution in [-0.4, -0.2) is 60.4 Å². The molecule has 4 unspecified atom stereocenters. The Bertz CT molecular complexity index is 1250. The molecule has 44 heavy (non-hydrogen) atoms. The third kappa shape index (κ3) is 10.3. The predicted octanol–water partition coefficient (Wildman–Crippen LogP) is 3.57. The fourth-order valence-electron chi connectivity index (χ4n) is 5.25. The van der Waals surface area contributed by atoms with Gasteiger partial charge < -0.3 is 35.5 Å². The smallest absolute Gasteiger partial charge is 0.408 e. The van der Waals surface area contributed by atoms with Crippen LogP contribution in [0.1, 0.15) is 64.9 Å². The minimum Gasteiger partial charge on any atom is -0.468 e. The van der Waals surface area contributed by atoms with Crippen LogP contribution in [-0.2, 0) is 30.5 Å². The van der Waals surface area contributed by atoms with Crippen LogP contribution >= 0.6 is 0 Å². The van der Waals surface area contributed by atoms with Crippen LogP contribution in [0.5, 0.6) is 5.75 Å². The van der Waals surface area contributed by atoms with E-state index in [-0.39, 0.29) is 25.0 Å². The number of rotatable bonds is 13. The van der Waals surface area contributed by atoms with Gasteiger partial charge in [0, 0.05) is 0 Å². The number of benzene rings is 2. The van der Waals surface area contributed by atoms with Crippen LogP contribution in [0.3, 0.4) is 0 Å². The monoisotopic (exact) mass is 608 g/mol.